The Hall–Kier alpha value is -2.07. The fourth-order valence-corrected chi connectivity index (χ4v) is 5.69. The summed E-state index contributed by atoms with van der Waals surface area (Å²) in [7, 11) is 0.0705. The molecule has 0 bridgehead atoms. The Morgan fingerprint density at radius 1 is 1.16 bits per heavy atom. The van der Waals surface area contributed by atoms with Gasteiger partial charge in [-0.3, -0.25) is 9.69 Å². The van der Waals surface area contributed by atoms with E-state index in [0.717, 1.165) is 27.9 Å². The van der Waals surface area contributed by atoms with E-state index in [1.165, 1.54) is 28.4 Å². The molecule has 0 aliphatic rings. The summed E-state index contributed by atoms with van der Waals surface area (Å²) >= 11 is 7.49. The first-order chi connectivity index (χ1) is 14.6. The fourth-order valence-electron chi connectivity index (χ4n) is 3.00. The zero-order valence-electron chi connectivity index (χ0n) is 17.4. The van der Waals surface area contributed by atoms with E-state index < -0.39 is 15.7 Å². The SMILES string of the molecule is Cc1cc(Cl)cc2sc(N(CCN(C)C)C(=O)CCS(=O)(=O)c3ccc(F)cc3)nc12. The molecule has 0 aliphatic heterocycles. The van der Waals surface area contributed by atoms with Crippen LogP contribution in [0.4, 0.5) is 9.52 Å². The van der Waals surface area contributed by atoms with Gasteiger partial charge in [-0.2, -0.15) is 0 Å². The highest BCUT2D eigenvalue weighted by Crippen LogP contribution is 2.33. The Kier molecular flexibility index (Phi) is 7.31. The van der Waals surface area contributed by atoms with Gasteiger partial charge < -0.3 is 4.90 Å². The summed E-state index contributed by atoms with van der Waals surface area (Å²) in [5, 5.41) is 1.10. The Morgan fingerprint density at radius 3 is 2.48 bits per heavy atom. The predicted molar refractivity (Wildman–Crippen MR) is 123 cm³/mol. The zero-order valence-corrected chi connectivity index (χ0v) is 19.8. The second-order valence-electron chi connectivity index (χ2n) is 7.44. The van der Waals surface area contributed by atoms with E-state index in [2.05, 4.69) is 4.98 Å². The summed E-state index contributed by atoms with van der Waals surface area (Å²) < 4.78 is 39.1. The highest BCUT2D eigenvalue weighted by Gasteiger charge is 2.23. The first-order valence-electron chi connectivity index (χ1n) is 9.57. The number of aromatic nitrogens is 1. The summed E-state index contributed by atoms with van der Waals surface area (Å²) in [6, 6.07) is 8.21. The van der Waals surface area contributed by atoms with Crippen LogP contribution in [0.15, 0.2) is 41.3 Å². The molecule has 1 heterocycles. The number of fused-ring (bicyclic) bond motifs is 1. The molecular formula is C21H23ClFN3O3S2. The molecule has 1 amide bonds. The lowest BCUT2D eigenvalue weighted by molar-refractivity contribution is -0.118. The Bertz CT molecular complexity index is 1190. The van der Waals surface area contributed by atoms with Gasteiger partial charge in [0.2, 0.25) is 5.91 Å². The van der Waals surface area contributed by atoms with E-state index in [1.54, 1.807) is 6.07 Å². The number of hydrogen-bond donors (Lipinski definition) is 0. The predicted octanol–water partition coefficient (Wildman–Crippen LogP) is 4.16. The van der Waals surface area contributed by atoms with Crippen LogP contribution in [0, 0.1) is 12.7 Å². The number of halogens is 2. The molecule has 0 fully saturated rings. The molecule has 31 heavy (non-hydrogen) atoms. The normalized spacial score (nSPS) is 11.9. The first-order valence-corrected chi connectivity index (χ1v) is 12.4. The van der Waals surface area contributed by atoms with Crippen molar-refractivity contribution in [2.24, 2.45) is 0 Å². The van der Waals surface area contributed by atoms with Gasteiger partial charge in [0, 0.05) is 24.5 Å². The minimum atomic E-state index is -3.72. The topological polar surface area (TPSA) is 70.6 Å². The lowest BCUT2D eigenvalue weighted by atomic mass is 10.2. The number of rotatable bonds is 8. The minimum Gasteiger partial charge on any atom is -0.308 e. The number of thiazole rings is 1. The van der Waals surface area contributed by atoms with Gasteiger partial charge in [-0.1, -0.05) is 22.9 Å². The van der Waals surface area contributed by atoms with Crippen LogP contribution in [0.25, 0.3) is 10.2 Å². The summed E-state index contributed by atoms with van der Waals surface area (Å²) in [5.74, 6) is -1.22. The van der Waals surface area contributed by atoms with Gasteiger partial charge in [0.15, 0.2) is 15.0 Å². The molecule has 10 heteroatoms. The number of carbonyl (C=O) groups is 1. The van der Waals surface area contributed by atoms with E-state index in [-0.39, 0.29) is 23.0 Å². The molecule has 3 rings (SSSR count). The third-order valence-corrected chi connectivity index (χ3v) is 7.67. The van der Waals surface area contributed by atoms with E-state index in [1.807, 2.05) is 32.0 Å². The van der Waals surface area contributed by atoms with Crippen molar-refractivity contribution in [3.63, 3.8) is 0 Å². The van der Waals surface area contributed by atoms with E-state index in [9.17, 15) is 17.6 Å². The Morgan fingerprint density at radius 2 is 1.84 bits per heavy atom. The Labute approximate surface area is 190 Å². The molecule has 0 saturated carbocycles. The number of nitrogens with zero attached hydrogens (tertiary/aromatic N) is 3. The quantitative estimate of drug-likeness (QED) is 0.450. The number of benzene rings is 2. The molecule has 166 valence electrons. The van der Waals surface area contributed by atoms with Gasteiger partial charge in [-0.15, -0.1) is 0 Å². The molecule has 0 radical (unpaired) electrons. The van der Waals surface area contributed by atoms with E-state index >= 15 is 0 Å². The number of hydrogen-bond acceptors (Lipinski definition) is 6. The average Bonchev–Trinajstić information content (AvgIpc) is 3.10. The third-order valence-electron chi connectivity index (χ3n) is 4.70. The van der Waals surface area contributed by atoms with Gasteiger partial charge >= 0.3 is 0 Å². The van der Waals surface area contributed by atoms with Crippen molar-refractivity contribution in [3.8, 4) is 0 Å². The van der Waals surface area contributed by atoms with Gasteiger partial charge in [-0.05, 0) is 63.0 Å². The fraction of sp³-hybridized carbons (Fsp3) is 0.333. The summed E-state index contributed by atoms with van der Waals surface area (Å²) in [6.45, 7) is 2.86. The second-order valence-corrected chi connectivity index (χ2v) is 11.0. The van der Waals surface area contributed by atoms with Crippen LogP contribution < -0.4 is 4.90 Å². The maximum absolute atomic E-state index is 13.1. The first kappa shape index (κ1) is 23.6. The molecule has 0 saturated heterocycles. The molecule has 2 aromatic carbocycles. The minimum absolute atomic E-state index is 0.00760. The highest BCUT2D eigenvalue weighted by atomic mass is 35.5. The van der Waals surface area contributed by atoms with Gasteiger partial charge in [0.1, 0.15) is 5.82 Å². The third kappa shape index (κ3) is 5.79. The summed E-state index contributed by atoms with van der Waals surface area (Å²) in [5.41, 5.74) is 1.68. The summed E-state index contributed by atoms with van der Waals surface area (Å²) in [6.07, 6.45) is -0.206. The van der Waals surface area contributed by atoms with E-state index in [4.69, 9.17) is 11.6 Å². The van der Waals surface area contributed by atoms with Crippen LogP contribution in [0.1, 0.15) is 12.0 Å². The molecule has 6 nitrogen and oxygen atoms in total. The van der Waals surface area contributed by atoms with Crippen LogP contribution in [-0.2, 0) is 14.6 Å². The van der Waals surface area contributed by atoms with Crippen molar-refractivity contribution in [2.45, 2.75) is 18.2 Å². The van der Waals surface area contributed by atoms with Crippen molar-refractivity contribution in [1.82, 2.24) is 9.88 Å². The number of aryl methyl sites for hydroxylation is 1. The number of amides is 1. The van der Waals surface area contributed by atoms with Crippen molar-refractivity contribution in [3.05, 3.63) is 52.8 Å². The lowest BCUT2D eigenvalue weighted by Gasteiger charge is -2.22. The van der Waals surface area contributed by atoms with Crippen LogP contribution in [-0.4, -0.2) is 57.1 Å². The van der Waals surface area contributed by atoms with Crippen LogP contribution in [0.2, 0.25) is 5.02 Å². The smallest absolute Gasteiger partial charge is 0.229 e. The molecule has 0 spiro atoms. The number of anilines is 1. The van der Waals surface area contributed by atoms with Crippen LogP contribution in [0.5, 0.6) is 0 Å². The van der Waals surface area contributed by atoms with Gasteiger partial charge in [-0.25, -0.2) is 17.8 Å². The second kappa shape index (κ2) is 9.60. The van der Waals surface area contributed by atoms with Gasteiger partial charge in [0.25, 0.3) is 0 Å². The van der Waals surface area contributed by atoms with Crippen molar-refractivity contribution >= 4 is 54.0 Å². The standard InChI is InChI=1S/C21H23ClFN3O3S2/c1-14-12-15(22)13-18-20(14)24-21(30-18)26(10-9-25(2)3)19(27)8-11-31(28,29)17-6-4-16(23)5-7-17/h4-7,12-13H,8-11H2,1-3H3. The summed E-state index contributed by atoms with van der Waals surface area (Å²) in [4.78, 5) is 21.1. The van der Waals surface area contributed by atoms with Crippen molar-refractivity contribution in [1.29, 1.82) is 0 Å². The highest BCUT2D eigenvalue weighted by molar-refractivity contribution is 7.91. The molecule has 0 N–H and O–H groups in total. The molecule has 0 atom stereocenters. The molecule has 3 aromatic rings. The number of carbonyl (C=O) groups excluding carboxylic acids is 1. The average molecular weight is 484 g/mol. The maximum atomic E-state index is 13.1. The zero-order chi connectivity index (χ0) is 22.8. The lowest BCUT2D eigenvalue weighted by Crippen LogP contribution is -2.37. The number of likely N-dealkylation sites (N-methyl/N-ethyl adjacent to an activating group) is 1. The molecule has 0 aliphatic carbocycles. The largest absolute Gasteiger partial charge is 0.308 e. The van der Waals surface area contributed by atoms with Crippen molar-refractivity contribution in [2.75, 3.05) is 37.8 Å². The molecular weight excluding hydrogens is 461 g/mol. The van der Waals surface area contributed by atoms with Crippen molar-refractivity contribution < 1.29 is 17.6 Å². The number of sulfone groups is 1. The van der Waals surface area contributed by atoms with Gasteiger partial charge in [0.05, 0.1) is 20.9 Å². The molecule has 0 unspecified atom stereocenters. The molecule has 1 aromatic heterocycles. The monoisotopic (exact) mass is 483 g/mol. The maximum Gasteiger partial charge on any atom is 0.229 e. The Balaban J connectivity index is 1.84. The van der Waals surface area contributed by atoms with Crippen LogP contribution >= 0.6 is 22.9 Å². The van der Waals surface area contributed by atoms with Crippen LogP contribution in [0.3, 0.4) is 0 Å². The van der Waals surface area contributed by atoms with E-state index in [0.29, 0.717) is 23.2 Å².